The van der Waals surface area contributed by atoms with Crippen LogP contribution >= 0.6 is 11.3 Å². The molecule has 3 aromatic heterocycles. The van der Waals surface area contributed by atoms with Crippen molar-refractivity contribution in [3.63, 3.8) is 0 Å². The Morgan fingerprint density at radius 2 is 1.97 bits per heavy atom. The standard InChI is InChI=1S/C24H20FN7O2S/c1-12-14(16-10-17(23(33)30-29-16)27-21-11-20(26)32(2)31-21)7-8-15(25)22(12)28-24(34)19-9-13-5-3-4-6-18(13)35-19/h3-11H,26H2,1-2H3,(H,28,34)(H,30,33)(H,27,29,31). The molecule has 5 N–H and O–H groups in total. The van der Waals surface area contributed by atoms with Gasteiger partial charge >= 0.3 is 0 Å². The second-order valence-corrected chi connectivity index (χ2v) is 8.98. The minimum Gasteiger partial charge on any atom is -0.384 e. The molecule has 0 aliphatic rings. The van der Waals surface area contributed by atoms with E-state index in [0.717, 1.165) is 10.1 Å². The summed E-state index contributed by atoms with van der Waals surface area (Å²) in [5.74, 6) is -0.173. The molecule has 0 bridgehead atoms. The van der Waals surface area contributed by atoms with Gasteiger partial charge in [0.05, 0.1) is 16.3 Å². The summed E-state index contributed by atoms with van der Waals surface area (Å²) in [6.07, 6.45) is 0. The summed E-state index contributed by atoms with van der Waals surface area (Å²) in [6, 6.07) is 15.3. The van der Waals surface area contributed by atoms with E-state index in [1.165, 1.54) is 28.2 Å². The van der Waals surface area contributed by atoms with Crippen molar-refractivity contribution < 1.29 is 9.18 Å². The predicted octanol–water partition coefficient (Wildman–Crippen LogP) is 4.41. The number of anilines is 4. The van der Waals surface area contributed by atoms with Crippen LogP contribution in [0.1, 0.15) is 15.2 Å². The zero-order chi connectivity index (χ0) is 24.7. The number of hydrogen-bond donors (Lipinski definition) is 4. The van der Waals surface area contributed by atoms with Crippen molar-refractivity contribution in [1.82, 2.24) is 20.0 Å². The topological polar surface area (TPSA) is 131 Å². The normalized spacial score (nSPS) is 11.1. The molecule has 0 unspecified atom stereocenters. The van der Waals surface area contributed by atoms with Gasteiger partial charge in [0, 0.05) is 23.4 Å². The van der Waals surface area contributed by atoms with Crippen LogP contribution in [0.2, 0.25) is 0 Å². The van der Waals surface area contributed by atoms with E-state index in [0.29, 0.717) is 33.3 Å². The lowest BCUT2D eigenvalue weighted by Gasteiger charge is -2.13. The molecule has 0 aliphatic carbocycles. The van der Waals surface area contributed by atoms with Crippen molar-refractivity contribution in [2.24, 2.45) is 7.05 Å². The fourth-order valence-corrected chi connectivity index (χ4v) is 4.65. The Morgan fingerprint density at radius 3 is 2.71 bits per heavy atom. The van der Waals surface area contributed by atoms with Crippen molar-refractivity contribution in [3.05, 3.63) is 81.2 Å². The summed E-state index contributed by atoms with van der Waals surface area (Å²) >= 11 is 1.33. The van der Waals surface area contributed by atoms with Gasteiger partial charge in [0.2, 0.25) is 0 Å². The Hall–Kier alpha value is -4.51. The number of nitrogens with two attached hydrogens (primary N) is 1. The Labute approximate surface area is 202 Å². The number of thiophene rings is 1. The van der Waals surface area contributed by atoms with Gasteiger partial charge in [-0.2, -0.15) is 10.2 Å². The number of nitrogen functional groups attached to an aromatic ring is 1. The van der Waals surface area contributed by atoms with Gasteiger partial charge in [0.15, 0.2) is 5.82 Å². The summed E-state index contributed by atoms with van der Waals surface area (Å²) in [5.41, 5.74) is 6.96. The molecular formula is C24H20FN7O2S. The molecule has 35 heavy (non-hydrogen) atoms. The molecule has 9 nitrogen and oxygen atoms in total. The average molecular weight is 490 g/mol. The van der Waals surface area contributed by atoms with E-state index in [9.17, 15) is 14.0 Å². The Kier molecular flexibility index (Phi) is 5.53. The van der Waals surface area contributed by atoms with Crippen LogP contribution in [-0.2, 0) is 7.05 Å². The number of H-pyrrole nitrogens is 1. The summed E-state index contributed by atoms with van der Waals surface area (Å²) in [6.45, 7) is 1.68. The molecule has 0 aliphatic heterocycles. The van der Waals surface area contributed by atoms with Gasteiger partial charge in [-0.15, -0.1) is 11.3 Å². The second-order valence-electron chi connectivity index (χ2n) is 7.90. The Morgan fingerprint density at radius 1 is 1.17 bits per heavy atom. The highest BCUT2D eigenvalue weighted by molar-refractivity contribution is 7.20. The maximum atomic E-state index is 14.8. The Balaban J connectivity index is 1.47. The smallest absolute Gasteiger partial charge is 0.287 e. The molecule has 5 aromatic rings. The predicted molar refractivity (Wildman–Crippen MR) is 136 cm³/mol. The van der Waals surface area contributed by atoms with Crippen LogP contribution in [-0.4, -0.2) is 25.9 Å². The van der Waals surface area contributed by atoms with E-state index in [-0.39, 0.29) is 11.4 Å². The van der Waals surface area contributed by atoms with Crippen LogP contribution in [0, 0.1) is 12.7 Å². The molecule has 0 saturated carbocycles. The highest BCUT2D eigenvalue weighted by atomic mass is 32.1. The molecule has 11 heteroatoms. The molecule has 2 aromatic carbocycles. The third-order valence-electron chi connectivity index (χ3n) is 5.56. The maximum Gasteiger partial charge on any atom is 0.287 e. The molecule has 0 radical (unpaired) electrons. The number of nitrogens with one attached hydrogen (secondary N) is 3. The van der Waals surface area contributed by atoms with Crippen LogP contribution < -0.4 is 21.9 Å². The number of aryl methyl sites for hydroxylation is 1. The molecule has 3 heterocycles. The molecule has 0 saturated heterocycles. The first kappa shape index (κ1) is 22.3. The van der Waals surface area contributed by atoms with Gasteiger partial charge in [0.25, 0.3) is 11.5 Å². The number of halogens is 1. The highest BCUT2D eigenvalue weighted by Gasteiger charge is 2.18. The van der Waals surface area contributed by atoms with Gasteiger partial charge in [-0.25, -0.2) is 9.49 Å². The van der Waals surface area contributed by atoms with Crippen LogP contribution in [0.25, 0.3) is 21.3 Å². The lowest BCUT2D eigenvalue weighted by molar-refractivity contribution is 0.103. The summed E-state index contributed by atoms with van der Waals surface area (Å²) in [7, 11) is 1.68. The number of carbonyl (C=O) groups excluding carboxylic acids is 1. The van der Waals surface area contributed by atoms with Crippen molar-refractivity contribution in [3.8, 4) is 11.3 Å². The van der Waals surface area contributed by atoms with Crippen LogP contribution in [0.15, 0.2) is 59.4 Å². The van der Waals surface area contributed by atoms with E-state index >= 15 is 0 Å². The van der Waals surface area contributed by atoms with E-state index in [1.807, 2.05) is 24.3 Å². The zero-order valence-electron chi connectivity index (χ0n) is 18.7. The van der Waals surface area contributed by atoms with Crippen LogP contribution in [0.4, 0.5) is 27.4 Å². The molecule has 1 amide bonds. The lowest BCUT2D eigenvalue weighted by atomic mass is 10.0. The van der Waals surface area contributed by atoms with Crippen molar-refractivity contribution in [1.29, 1.82) is 0 Å². The fraction of sp³-hybridized carbons (Fsp3) is 0.0833. The first-order chi connectivity index (χ1) is 16.8. The van der Waals surface area contributed by atoms with E-state index < -0.39 is 17.3 Å². The second kappa shape index (κ2) is 8.69. The highest BCUT2D eigenvalue weighted by Crippen LogP contribution is 2.32. The largest absolute Gasteiger partial charge is 0.384 e. The number of aromatic amines is 1. The third kappa shape index (κ3) is 4.24. The molecule has 0 spiro atoms. The van der Waals surface area contributed by atoms with Gasteiger partial charge in [-0.05, 0) is 48.2 Å². The molecule has 0 atom stereocenters. The van der Waals surface area contributed by atoms with Crippen LogP contribution in [0.3, 0.4) is 0 Å². The van der Waals surface area contributed by atoms with Gasteiger partial charge in [0.1, 0.15) is 17.3 Å². The average Bonchev–Trinajstić information content (AvgIpc) is 3.41. The number of aromatic nitrogens is 4. The number of hydrogen-bond acceptors (Lipinski definition) is 7. The fourth-order valence-electron chi connectivity index (χ4n) is 3.70. The van der Waals surface area contributed by atoms with Crippen molar-refractivity contribution in [2.45, 2.75) is 6.92 Å². The third-order valence-corrected chi connectivity index (χ3v) is 6.68. The maximum absolute atomic E-state index is 14.8. The number of nitrogens with zero attached hydrogens (tertiary/aromatic N) is 3. The molecule has 0 fully saturated rings. The number of benzene rings is 2. The van der Waals surface area contributed by atoms with E-state index in [1.54, 1.807) is 32.2 Å². The lowest BCUT2D eigenvalue weighted by Crippen LogP contribution is -2.15. The zero-order valence-corrected chi connectivity index (χ0v) is 19.5. The number of fused-ring (bicyclic) bond motifs is 1. The number of amides is 1. The number of rotatable bonds is 5. The first-order valence-corrected chi connectivity index (χ1v) is 11.4. The van der Waals surface area contributed by atoms with Crippen molar-refractivity contribution in [2.75, 3.05) is 16.4 Å². The minimum atomic E-state index is -0.576. The van der Waals surface area contributed by atoms with Crippen LogP contribution in [0.5, 0.6) is 0 Å². The van der Waals surface area contributed by atoms with E-state index in [2.05, 4.69) is 25.9 Å². The quantitative estimate of drug-likeness (QED) is 0.289. The monoisotopic (exact) mass is 489 g/mol. The van der Waals surface area contributed by atoms with E-state index in [4.69, 9.17) is 5.73 Å². The van der Waals surface area contributed by atoms with Gasteiger partial charge in [-0.3, -0.25) is 14.3 Å². The van der Waals surface area contributed by atoms with Gasteiger partial charge in [-0.1, -0.05) is 18.2 Å². The van der Waals surface area contributed by atoms with Gasteiger partial charge < -0.3 is 16.4 Å². The SMILES string of the molecule is Cc1c(-c2cc(Nc3cc(N)n(C)n3)c(=O)[nH]n2)ccc(F)c1NC(=O)c1cc2ccccc2s1. The summed E-state index contributed by atoms with van der Waals surface area (Å²) in [5, 5.41) is 17.3. The Bertz CT molecular complexity index is 1600. The minimum absolute atomic E-state index is 0.0463. The molecular weight excluding hydrogens is 469 g/mol. The summed E-state index contributed by atoms with van der Waals surface area (Å²) < 4.78 is 17.2. The molecule has 176 valence electrons. The number of carbonyl (C=O) groups is 1. The van der Waals surface area contributed by atoms with Crippen molar-refractivity contribution >= 4 is 50.3 Å². The first-order valence-electron chi connectivity index (χ1n) is 10.6. The summed E-state index contributed by atoms with van der Waals surface area (Å²) in [4.78, 5) is 25.7. The molecule has 5 rings (SSSR count).